The first-order valence-electron chi connectivity index (χ1n) is 6.80. The van der Waals surface area contributed by atoms with Crippen molar-refractivity contribution in [1.82, 2.24) is 10.2 Å². The number of carbonyl (C=O) groups excluding carboxylic acids is 1. The van der Waals surface area contributed by atoms with Gasteiger partial charge in [-0.2, -0.15) is 11.3 Å². The van der Waals surface area contributed by atoms with E-state index in [1.165, 1.54) is 18.4 Å². The Morgan fingerprint density at radius 2 is 2.33 bits per heavy atom. The summed E-state index contributed by atoms with van der Waals surface area (Å²) >= 11 is 1.70. The average molecular weight is 264 g/mol. The zero-order chi connectivity index (χ0) is 12.5. The summed E-state index contributed by atoms with van der Waals surface area (Å²) in [5.74, 6) is 0.787. The van der Waals surface area contributed by atoms with Crippen LogP contribution in [0.25, 0.3) is 0 Å². The first kappa shape index (κ1) is 12.2. The molecule has 1 saturated carbocycles. The lowest BCUT2D eigenvalue weighted by atomic mass is 10.0. The lowest BCUT2D eigenvalue weighted by Crippen LogP contribution is -2.46. The molecule has 2 fully saturated rings. The van der Waals surface area contributed by atoms with Crippen LogP contribution in [0.5, 0.6) is 0 Å². The van der Waals surface area contributed by atoms with Crippen molar-refractivity contribution in [3.63, 3.8) is 0 Å². The molecule has 1 aliphatic heterocycles. The maximum atomic E-state index is 12.6. The van der Waals surface area contributed by atoms with Gasteiger partial charge in [0.1, 0.15) is 0 Å². The molecule has 1 aliphatic carbocycles. The monoisotopic (exact) mass is 264 g/mol. The van der Waals surface area contributed by atoms with Gasteiger partial charge in [-0.1, -0.05) is 6.92 Å². The molecule has 18 heavy (non-hydrogen) atoms. The summed E-state index contributed by atoms with van der Waals surface area (Å²) in [7, 11) is 0. The molecule has 0 spiro atoms. The molecule has 98 valence electrons. The quantitative estimate of drug-likeness (QED) is 0.904. The van der Waals surface area contributed by atoms with Crippen molar-refractivity contribution in [2.75, 3.05) is 6.54 Å². The molecule has 1 saturated heterocycles. The topological polar surface area (TPSA) is 32.3 Å². The van der Waals surface area contributed by atoms with Crippen molar-refractivity contribution in [3.8, 4) is 0 Å². The summed E-state index contributed by atoms with van der Waals surface area (Å²) in [4.78, 5) is 14.7. The van der Waals surface area contributed by atoms with Gasteiger partial charge in [0.2, 0.25) is 5.91 Å². The molecule has 1 amide bonds. The fourth-order valence-corrected chi connectivity index (χ4v) is 3.36. The van der Waals surface area contributed by atoms with Gasteiger partial charge in [0.05, 0.1) is 6.04 Å². The molecule has 2 heterocycles. The van der Waals surface area contributed by atoms with E-state index in [0.29, 0.717) is 17.9 Å². The second-order valence-electron chi connectivity index (χ2n) is 5.53. The fourth-order valence-electron chi connectivity index (χ4n) is 2.70. The summed E-state index contributed by atoms with van der Waals surface area (Å²) in [6.45, 7) is 3.95. The van der Waals surface area contributed by atoms with Gasteiger partial charge >= 0.3 is 0 Å². The van der Waals surface area contributed by atoms with Crippen molar-refractivity contribution in [3.05, 3.63) is 22.4 Å². The van der Waals surface area contributed by atoms with E-state index in [9.17, 15) is 4.79 Å². The largest absolute Gasteiger partial charge is 0.334 e. The zero-order valence-electron chi connectivity index (χ0n) is 10.8. The van der Waals surface area contributed by atoms with Crippen LogP contribution in [0, 0.1) is 5.92 Å². The Hall–Kier alpha value is -0.870. The first-order chi connectivity index (χ1) is 8.75. The summed E-state index contributed by atoms with van der Waals surface area (Å²) in [5, 5.41) is 7.59. The average Bonchev–Trinajstić information content (AvgIpc) is 2.89. The Kier molecular flexibility index (Phi) is 3.39. The van der Waals surface area contributed by atoms with Crippen LogP contribution < -0.4 is 5.32 Å². The first-order valence-corrected chi connectivity index (χ1v) is 7.75. The molecule has 2 atom stereocenters. The minimum Gasteiger partial charge on any atom is -0.334 e. The minimum absolute atomic E-state index is 0.0456. The van der Waals surface area contributed by atoms with Gasteiger partial charge in [-0.15, -0.1) is 0 Å². The molecular weight excluding hydrogens is 244 g/mol. The van der Waals surface area contributed by atoms with E-state index in [-0.39, 0.29) is 6.04 Å². The Labute approximate surface area is 112 Å². The maximum Gasteiger partial charge on any atom is 0.240 e. The van der Waals surface area contributed by atoms with E-state index >= 15 is 0 Å². The summed E-state index contributed by atoms with van der Waals surface area (Å²) in [6, 6.07) is 2.66. The molecule has 3 nitrogen and oxygen atoms in total. The third-order valence-corrected chi connectivity index (χ3v) is 4.73. The number of carbonyl (C=O) groups is 1. The van der Waals surface area contributed by atoms with Crippen molar-refractivity contribution in [2.45, 2.75) is 44.8 Å². The van der Waals surface area contributed by atoms with Gasteiger partial charge in [-0.25, -0.2) is 0 Å². The van der Waals surface area contributed by atoms with Gasteiger partial charge < -0.3 is 10.2 Å². The van der Waals surface area contributed by atoms with Crippen LogP contribution in [0.15, 0.2) is 16.8 Å². The van der Waals surface area contributed by atoms with E-state index in [1.54, 1.807) is 11.3 Å². The number of thiophene rings is 1. The van der Waals surface area contributed by atoms with E-state index in [4.69, 9.17) is 0 Å². The van der Waals surface area contributed by atoms with E-state index in [0.717, 1.165) is 19.5 Å². The number of rotatable bonds is 4. The molecule has 1 aromatic rings. The highest BCUT2D eigenvalue weighted by Gasteiger charge is 2.39. The Bertz CT molecular complexity index is 413. The summed E-state index contributed by atoms with van der Waals surface area (Å²) < 4.78 is 0. The number of hydrogen-bond acceptors (Lipinski definition) is 3. The summed E-state index contributed by atoms with van der Waals surface area (Å²) in [5.41, 5.74) is 1.27. The van der Waals surface area contributed by atoms with Crippen LogP contribution in [0.1, 0.15) is 31.7 Å². The molecule has 0 bridgehead atoms. The van der Waals surface area contributed by atoms with Gasteiger partial charge in [0.25, 0.3) is 0 Å². The van der Waals surface area contributed by atoms with Crippen LogP contribution in [0.3, 0.4) is 0 Å². The van der Waals surface area contributed by atoms with Crippen molar-refractivity contribution in [1.29, 1.82) is 0 Å². The maximum absolute atomic E-state index is 12.6. The zero-order valence-corrected chi connectivity index (χ0v) is 11.6. The van der Waals surface area contributed by atoms with Gasteiger partial charge in [0, 0.05) is 12.6 Å². The third-order valence-electron chi connectivity index (χ3n) is 4.00. The van der Waals surface area contributed by atoms with Crippen LogP contribution in [-0.2, 0) is 11.3 Å². The van der Waals surface area contributed by atoms with E-state index in [1.807, 2.05) is 0 Å². The van der Waals surface area contributed by atoms with Crippen LogP contribution in [-0.4, -0.2) is 29.4 Å². The number of amides is 1. The lowest BCUT2D eigenvalue weighted by molar-refractivity contribution is -0.135. The molecular formula is C14H20N2OS. The smallest absolute Gasteiger partial charge is 0.240 e. The lowest BCUT2D eigenvalue weighted by Gasteiger charge is -2.27. The van der Waals surface area contributed by atoms with Crippen LogP contribution in [0.2, 0.25) is 0 Å². The second kappa shape index (κ2) is 5.02. The summed E-state index contributed by atoms with van der Waals surface area (Å²) in [6.07, 6.45) is 3.47. The van der Waals surface area contributed by atoms with Gasteiger partial charge in [-0.3, -0.25) is 4.79 Å². The van der Waals surface area contributed by atoms with Crippen molar-refractivity contribution >= 4 is 17.2 Å². The van der Waals surface area contributed by atoms with E-state index in [2.05, 4.69) is 34.0 Å². The molecule has 2 aliphatic rings. The molecule has 2 unspecified atom stereocenters. The van der Waals surface area contributed by atoms with Crippen LogP contribution in [0.4, 0.5) is 0 Å². The highest BCUT2D eigenvalue weighted by atomic mass is 32.1. The van der Waals surface area contributed by atoms with Crippen molar-refractivity contribution in [2.24, 2.45) is 5.92 Å². The molecule has 4 heteroatoms. The molecule has 1 aromatic heterocycles. The highest BCUT2D eigenvalue weighted by Crippen LogP contribution is 2.31. The standard InChI is InChI=1S/C14H20N2OS/c1-10-4-6-15-13(10)14(17)16(12-2-3-12)8-11-5-7-18-9-11/h5,7,9-10,12-13,15H,2-4,6,8H2,1H3. The predicted octanol–water partition coefficient (Wildman–Crippen LogP) is 2.24. The molecule has 0 radical (unpaired) electrons. The molecule has 0 aromatic carbocycles. The third kappa shape index (κ3) is 2.45. The van der Waals surface area contributed by atoms with Crippen molar-refractivity contribution < 1.29 is 4.79 Å². The second-order valence-corrected chi connectivity index (χ2v) is 6.31. The molecule has 1 N–H and O–H groups in total. The fraction of sp³-hybridized carbons (Fsp3) is 0.643. The predicted molar refractivity (Wildman–Crippen MR) is 73.5 cm³/mol. The normalized spacial score (nSPS) is 27.4. The van der Waals surface area contributed by atoms with Gasteiger partial charge in [-0.05, 0) is 54.1 Å². The minimum atomic E-state index is 0.0456. The SMILES string of the molecule is CC1CCNC1C(=O)N(Cc1ccsc1)C1CC1. The molecule has 3 rings (SSSR count). The number of nitrogens with zero attached hydrogens (tertiary/aromatic N) is 1. The van der Waals surface area contributed by atoms with Crippen LogP contribution >= 0.6 is 11.3 Å². The Morgan fingerprint density at radius 3 is 2.89 bits per heavy atom. The van der Waals surface area contributed by atoms with Gasteiger partial charge in [0.15, 0.2) is 0 Å². The highest BCUT2D eigenvalue weighted by molar-refractivity contribution is 7.07. The van der Waals surface area contributed by atoms with E-state index < -0.39 is 0 Å². The Morgan fingerprint density at radius 1 is 1.50 bits per heavy atom. The Balaban J connectivity index is 1.71. The number of nitrogens with one attached hydrogen (secondary N) is 1. The number of hydrogen-bond donors (Lipinski definition) is 1.